The van der Waals surface area contributed by atoms with Gasteiger partial charge in [-0.15, -0.1) is 0 Å². The summed E-state index contributed by atoms with van der Waals surface area (Å²) in [4.78, 5) is 14.6. The predicted octanol–water partition coefficient (Wildman–Crippen LogP) is 2.32. The molecule has 1 aliphatic rings. The number of hydrogen-bond donors (Lipinski definition) is 1. The summed E-state index contributed by atoms with van der Waals surface area (Å²) in [6.45, 7) is 3.19. The molecule has 0 aliphatic carbocycles. The maximum atomic E-state index is 12.3. The first-order valence-corrected chi connectivity index (χ1v) is 10.5. The van der Waals surface area contributed by atoms with Gasteiger partial charge in [-0.3, -0.25) is 4.79 Å². The number of carbonyl (C=O) groups excluding carboxylic acids is 1. The molecule has 0 radical (unpaired) electrons. The van der Waals surface area contributed by atoms with Gasteiger partial charge in [-0.25, -0.2) is 8.42 Å². The highest BCUT2D eigenvalue weighted by Gasteiger charge is 2.12. The number of ether oxygens (including phenoxy) is 1. The zero-order chi connectivity index (χ0) is 18.6. The van der Waals surface area contributed by atoms with Crippen molar-refractivity contribution in [3.8, 4) is 0 Å². The molecule has 3 rings (SSSR count). The van der Waals surface area contributed by atoms with E-state index in [9.17, 15) is 13.2 Å². The van der Waals surface area contributed by atoms with Gasteiger partial charge in [0.05, 0.1) is 19.0 Å². The van der Waals surface area contributed by atoms with E-state index in [1.165, 1.54) is 6.26 Å². The van der Waals surface area contributed by atoms with Crippen molar-refractivity contribution in [3.05, 3.63) is 59.7 Å². The molecule has 1 amide bonds. The van der Waals surface area contributed by atoms with Gasteiger partial charge in [-0.2, -0.15) is 0 Å². The quantitative estimate of drug-likeness (QED) is 0.869. The van der Waals surface area contributed by atoms with Crippen molar-refractivity contribution in [2.24, 2.45) is 0 Å². The first kappa shape index (κ1) is 18.4. The van der Waals surface area contributed by atoms with Crippen molar-refractivity contribution in [1.29, 1.82) is 0 Å². The lowest BCUT2D eigenvalue weighted by Gasteiger charge is -2.28. The van der Waals surface area contributed by atoms with E-state index in [1.807, 2.05) is 24.3 Å². The van der Waals surface area contributed by atoms with E-state index >= 15 is 0 Å². The minimum Gasteiger partial charge on any atom is -0.378 e. The zero-order valence-electron chi connectivity index (χ0n) is 14.6. The minimum atomic E-state index is -3.08. The number of anilines is 2. The summed E-state index contributed by atoms with van der Waals surface area (Å²) in [6.07, 6.45) is 1.19. The molecule has 0 bridgehead atoms. The van der Waals surface area contributed by atoms with Crippen LogP contribution in [-0.4, -0.2) is 46.9 Å². The number of nitrogens with one attached hydrogen (secondary N) is 1. The van der Waals surface area contributed by atoms with Crippen LogP contribution in [0.3, 0.4) is 0 Å². The third kappa shape index (κ3) is 5.06. The van der Waals surface area contributed by atoms with Gasteiger partial charge in [0.2, 0.25) is 0 Å². The molecule has 0 saturated carbocycles. The second-order valence-electron chi connectivity index (χ2n) is 6.37. The average molecular weight is 374 g/mol. The van der Waals surface area contributed by atoms with Gasteiger partial charge in [0, 0.05) is 36.3 Å². The molecule has 6 nitrogen and oxygen atoms in total. The fourth-order valence-corrected chi connectivity index (χ4v) is 3.63. The van der Waals surface area contributed by atoms with Gasteiger partial charge in [-0.1, -0.05) is 12.1 Å². The number of carbonyl (C=O) groups is 1. The van der Waals surface area contributed by atoms with Crippen molar-refractivity contribution in [2.45, 2.75) is 5.75 Å². The molecule has 1 heterocycles. The van der Waals surface area contributed by atoms with E-state index in [2.05, 4.69) is 10.2 Å². The van der Waals surface area contributed by atoms with Gasteiger partial charge in [0.1, 0.15) is 0 Å². The molecule has 0 spiro atoms. The Balaban J connectivity index is 1.62. The van der Waals surface area contributed by atoms with Gasteiger partial charge in [0.25, 0.3) is 5.91 Å². The normalized spacial score (nSPS) is 14.9. The number of morpholine rings is 1. The van der Waals surface area contributed by atoms with E-state index in [0.717, 1.165) is 32.0 Å². The fourth-order valence-electron chi connectivity index (χ4n) is 2.84. The molecule has 0 atom stereocenters. The summed E-state index contributed by atoms with van der Waals surface area (Å²) in [5.74, 6) is -0.257. The Kier molecular flexibility index (Phi) is 5.58. The number of rotatable bonds is 5. The SMILES string of the molecule is CS(=O)(=O)Cc1ccc(C(=O)Nc2ccc(N3CCOCC3)cc2)cc1. The highest BCUT2D eigenvalue weighted by atomic mass is 32.2. The van der Waals surface area contributed by atoms with E-state index < -0.39 is 9.84 Å². The molecule has 7 heteroatoms. The summed E-state index contributed by atoms with van der Waals surface area (Å²) in [6, 6.07) is 14.3. The Morgan fingerprint density at radius 2 is 1.65 bits per heavy atom. The lowest BCUT2D eigenvalue weighted by Crippen LogP contribution is -2.36. The van der Waals surface area contributed by atoms with Crippen LogP contribution < -0.4 is 10.2 Å². The second-order valence-corrected chi connectivity index (χ2v) is 8.51. The fraction of sp³-hybridized carbons (Fsp3) is 0.316. The third-order valence-electron chi connectivity index (χ3n) is 4.15. The van der Waals surface area contributed by atoms with Crippen LogP contribution in [0, 0.1) is 0 Å². The number of hydrogen-bond acceptors (Lipinski definition) is 5. The summed E-state index contributed by atoms with van der Waals surface area (Å²) in [7, 11) is -3.08. The summed E-state index contributed by atoms with van der Waals surface area (Å²) >= 11 is 0. The van der Waals surface area contributed by atoms with Crippen LogP contribution in [0.4, 0.5) is 11.4 Å². The molecular weight excluding hydrogens is 352 g/mol. The molecular formula is C19H22N2O4S. The molecule has 0 aromatic heterocycles. The van der Waals surface area contributed by atoms with Gasteiger partial charge in [0.15, 0.2) is 9.84 Å². The molecule has 1 aliphatic heterocycles. The Morgan fingerprint density at radius 1 is 1.04 bits per heavy atom. The molecule has 2 aromatic carbocycles. The average Bonchev–Trinajstić information content (AvgIpc) is 2.62. The zero-order valence-corrected chi connectivity index (χ0v) is 15.5. The molecule has 1 saturated heterocycles. The van der Waals surface area contributed by atoms with Crippen molar-refractivity contribution in [3.63, 3.8) is 0 Å². The molecule has 26 heavy (non-hydrogen) atoms. The Morgan fingerprint density at radius 3 is 2.23 bits per heavy atom. The smallest absolute Gasteiger partial charge is 0.255 e. The monoisotopic (exact) mass is 374 g/mol. The van der Waals surface area contributed by atoms with Crippen molar-refractivity contribution < 1.29 is 17.9 Å². The largest absolute Gasteiger partial charge is 0.378 e. The number of nitrogens with zero attached hydrogens (tertiary/aromatic N) is 1. The number of benzene rings is 2. The van der Waals surface area contributed by atoms with Gasteiger partial charge >= 0.3 is 0 Å². The van der Waals surface area contributed by atoms with E-state index in [1.54, 1.807) is 24.3 Å². The van der Waals surface area contributed by atoms with Gasteiger partial charge in [-0.05, 0) is 42.0 Å². The lowest BCUT2D eigenvalue weighted by molar-refractivity contribution is 0.102. The summed E-state index contributed by atoms with van der Waals surface area (Å²) < 4.78 is 28.0. The second kappa shape index (κ2) is 7.88. The predicted molar refractivity (Wildman–Crippen MR) is 102 cm³/mol. The molecule has 1 N–H and O–H groups in total. The van der Waals surface area contributed by atoms with Crippen LogP contribution in [0.1, 0.15) is 15.9 Å². The van der Waals surface area contributed by atoms with E-state index in [-0.39, 0.29) is 11.7 Å². The molecule has 2 aromatic rings. The van der Waals surface area contributed by atoms with Crippen LogP contribution in [0.5, 0.6) is 0 Å². The Labute approximate surface area is 153 Å². The van der Waals surface area contributed by atoms with Gasteiger partial charge < -0.3 is 15.0 Å². The van der Waals surface area contributed by atoms with Crippen molar-refractivity contribution >= 4 is 27.1 Å². The molecule has 1 fully saturated rings. The highest BCUT2D eigenvalue weighted by Crippen LogP contribution is 2.19. The summed E-state index contributed by atoms with van der Waals surface area (Å²) in [5.41, 5.74) is 2.97. The maximum absolute atomic E-state index is 12.3. The van der Waals surface area contributed by atoms with Crippen molar-refractivity contribution in [2.75, 3.05) is 42.8 Å². The Bertz CT molecular complexity index is 855. The van der Waals surface area contributed by atoms with Crippen molar-refractivity contribution in [1.82, 2.24) is 0 Å². The number of sulfone groups is 1. The highest BCUT2D eigenvalue weighted by molar-refractivity contribution is 7.89. The maximum Gasteiger partial charge on any atom is 0.255 e. The Hall–Kier alpha value is -2.38. The van der Waals surface area contributed by atoms with Crippen LogP contribution in [-0.2, 0) is 20.3 Å². The van der Waals surface area contributed by atoms with Crippen LogP contribution in [0.2, 0.25) is 0 Å². The third-order valence-corrected chi connectivity index (χ3v) is 5.00. The minimum absolute atomic E-state index is 0.0299. The van der Waals surface area contributed by atoms with E-state index in [4.69, 9.17) is 4.74 Å². The van der Waals surface area contributed by atoms with E-state index in [0.29, 0.717) is 16.8 Å². The standard InChI is InChI=1S/C19H22N2O4S/c1-26(23,24)14-15-2-4-16(5-3-15)19(22)20-17-6-8-18(9-7-17)21-10-12-25-13-11-21/h2-9H,10-14H2,1H3,(H,20,22). The summed E-state index contributed by atoms with van der Waals surface area (Å²) in [5, 5.41) is 2.86. The molecule has 138 valence electrons. The van der Waals surface area contributed by atoms with Crippen LogP contribution in [0.15, 0.2) is 48.5 Å². The van der Waals surface area contributed by atoms with Crippen LogP contribution in [0.25, 0.3) is 0 Å². The topological polar surface area (TPSA) is 75.7 Å². The van der Waals surface area contributed by atoms with Crippen LogP contribution >= 0.6 is 0 Å². The first-order chi connectivity index (χ1) is 12.4. The molecule has 0 unspecified atom stereocenters. The lowest BCUT2D eigenvalue weighted by atomic mass is 10.1. The first-order valence-electron chi connectivity index (χ1n) is 8.41. The number of amides is 1.